The average molecular weight is 334 g/mol. The molecule has 20 heavy (non-hydrogen) atoms. The fraction of sp³-hybridized carbons (Fsp3) is 0.294. The predicted molar refractivity (Wildman–Crippen MR) is 87.0 cm³/mol. The highest BCUT2D eigenvalue weighted by Crippen LogP contribution is 2.30. The molecule has 2 rings (SSSR count). The normalized spacial score (nSPS) is 13.8. The summed E-state index contributed by atoms with van der Waals surface area (Å²) in [7, 11) is 1.67. The minimum atomic E-state index is -0.338. The van der Waals surface area contributed by atoms with Crippen molar-refractivity contribution in [2.75, 3.05) is 7.11 Å². The second kappa shape index (κ2) is 6.42. The maximum Gasteiger partial charge on any atom is 0.133 e. The van der Waals surface area contributed by atoms with Crippen molar-refractivity contribution in [3.8, 4) is 5.75 Å². The first-order chi connectivity index (χ1) is 9.59. The zero-order valence-electron chi connectivity index (χ0n) is 11.9. The van der Waals surface area contributed by atoms with Crippen LogP contribution in [0.4, 0.5) is 0 Å². The van der Waals surface area contributed by atoms with Crippen molar-refractivity contribution >= 4 is 15.9 Å². The van der Waals surface area contributed by atoms with Crippen molar-refractivity contribution in [1.82, 2.24) is 0 Å². The number of ether oxygens (including phenoxy) is 1. The number of benzene rings is 2. The molecule has 0 aliphatic carbocycles. The molecule has 0 aromatic heterocycles. The summed E-state index contributed by atoms with van der Waals surface area (Å²) in [6.07, 6.45) is 1.69. The van der Waals surface area contributed by atoms with Crippen LogP contribution in [0.1, 0.15) is 24.5 Å². The number of nitrogens with two attached hydrogens (primary N) is 1. The van der Waals surface area contributed by atoms with E-state index in [9.17, 15) is 0 Å². The Hall–Kier alpha value is -1.32. The lowest BCUT2D eigenvalue weighted by molar-refractivity contribution is 0.409. The third-order valence-electron chi connectivity index (χ3n) is 3.72. The Labute approximate surface area is 129 Å². The van der Waals surface area contributed by atoms with Gasteiger partial charge in [-0.2, -0.15) is 0 Å². The van der Waals surface area contributed by atoms with E-state index in [2.05, 4.69) is 47.1 Å². The zero-order valence-corrected chi connectivity index (χ0v) is 13.5. The minimum absolute atomic E-state index is 0.338. The maximum atomic E-state index is 6.62. The maximum absolute atomic E-state index is 6.62. The van der Waals surface area contributed by atoms with Gasteiger partial charge in [0.05, 0.1) is 11.6 Å². The van der Waals surface area contributed by atoms with Crippen LogP contribution in [-0.2, 0) is 12.0 Å². The molecule has 0 bridgehead atoms. The molecule has 0 fully saturated rings. The van der Waals surface area contributed by atoms with Crippen LogP contribution in [0.5, 0.6) is 5.75 Å². The van der Waals surface area contributed by atoms with Crippen LogP contribution in [-0.4, -0.2) is 7.11 Å². The summed E-state index contributed by atoms with van der Waals surface area (Å²) in [5.74, 6) is 0.840. The van der Waals surface area contributed by atoms with Gasteiger partial charge in [-0.1, -0.05) is 43.3 Å². The molecule has 0 radical (unpaired) electrons. The van der Waals surface area contributed by atoms with Gasteiger partial charge in [0, 0.05) is 5.54 Å². The number of methoxy groups -OCH3 is 1. The molecule has 0 amide bonds. The van der Waals surface area contributed by atoms with E-state index in [1.165, 1.54) is 11.1 Å². The Morgan fingerprint density at radius 1 is 1.15 bits per heavy atom. The summed E-state index contributed by atoms with van der Waals surface area (Å²) in [6, 6.07) is 16.4. The van der Waals surface area contributed by atoms with Gasteiger partial charge in [0.15, 0.2) is 0 Å². The van der Waals surface area contributed by atoms with Crippen LogP contribution in [0.2, 0.25) is 0 Å². The number of halogens is 1. The minimum Gasteiger partial charge on any atom is -0.496 e. The van der Waals surface area contributed by atoms with Crippen LogP contribution in [0.15, 0.2) is 53.0 Å². The third kappa shape index (κ3) is 3.22. The summed E-state index contributed by atoms with van der Waals surface area (Å²) in [5.41, 5.74) is 8.66. The van der Waals surface area contributed by atoms with Gasteiger partial charge in [-0.25, -0.2) is 0 Å². The number of hydrogen-bond acceptors (Lipinski definition) is 2. The predicted octanol–water partition coefficient (Wildman–Crippen LogP) is 4.26. The SMILES string of the molecule is CCC(N)(Cc1ccc(OC)c(Br)c1)c1ccccc1. The molecule has 0 aliphatic heterocycles. The van der Waals surface area contributed by atoms with E-state index >= 15 is 0 Å². The molecular formula is C17H20BrNO. The molecule has 0 heterocycles. The van der Waals surface area contributed by atoms with Crippen molar-refractivity contribution in [3.63, 3.8) is 0 Å². The monoisotopic (exact) mass is 333 g/mol. The molecule has 0 spiro atoms. The van der Waals surface area contributed by atoms with Crippen molar-refractivity contribution < 1.29 is 4.74 Å². The van der Waals surface area contributed by atoms with Crippen LogP contribution < -0.4 is 10.5 Å². The van der Waals surface area contributed by atoms with Crippen LogP contribution in [0.3, 0.4) is 0 Å². The van der Waals surface area contributed by atoms with Crippen molar-refractivity contribution in [1.29, 1.82) is 0 Å². The molecule has 0 saturated carbocycles. The van der Waals surface area contributed by atoms with Crippen LogP contribution >= 0.6 is 15.9 Å². The van der Waals surface area contributed by atoms with Gasteiger partial charge in [0.25, 0.3) is 0 Å². The summed E-state index contributed by atoms with van der Waals surface area (Å²) in [6.45, 7) is 2.13. The van der Waals surface area contributed by atoms with Crippen molar-refractivity contribution in [3.05, 3.63) is 64.1 Å². The molecule has 1 atom stereocenters. The third-order valence-corrected chi connectivity index (χ3v) is 4.34. The van der Waals surface area contributed by atoms with Gasteiger partial charge < -0.3 is 10.5 Å². The van der Waals surface area contributed by atoms with Gasteiger partial charge in [-0.05, 0) is 52.0 Å². The van der Waals surface area contributed by atoms with E-state index in [1.807, 2.05) is 24.3 Å². The van der Waals surface area contributed by atoms with E-state index < -0.39 is 0 Å². The van der Waals surface area contributed by atoms with Crippen molar-refractivity contribution in [2.24, 2.45) is 5.73 Å². The van der Waals surface area contributed by atoms with Crippen LogP contribution in [0.25, 0.3) is 0 Å². The first-order valence-corrected chi connectivity index (χ1v) is 7.55. The lowest BCUT2D eigenvalue weighted by atomic mass is 9.82. The molecule has 2 aromatic rings. The van der Waals surface area contributed by atoms with E-state index in [0.717, 1.165) is 23.1 Å². The Balaban J connectivity index is 2.28. The highest BCUT2D eigenvalue weighted by molar-refractivity contribution is 9.10. The number of hydrogen-bond donors (Lipinski definition) is 1. The molecule has 3 heteroatoms. The smallest absolute Gasteiger partial charge is 0.133 e. The Morgan fingerprint density at radius 3 is 2.40 bits per heavy atom. The molecule has 0 aliphatic rings. The summed E-state index contributed by atoms with van der Waals surface area (Å²) in [5, 5.41) is 0. The summed E-state index contributed by atoms with van der Waals surface area (Å²) < 4.78 is 6.22. The van der Waals surface area contributed by atoms with E-state index in [1.54, 1.807) is 7.11 Å². The largest absolute Gasteiger partial charge is 0.496 e. The molecule has 106 valence electrons. The van der Waals surface area contributed by atoms with Crippen molar-refractivity contribution in [2.45, 2.75) is 25.3 Å². The van der Waals surface area contributed by atoms with Gasteiger partial charge in [-0.15, -0.1) is 0 Å². The second-order valence-electron chi connectivity index (χ2n) is 5.02. The van der Waals surface area contributed by atoms with Gasteiger partial charge in [-0.3, -0.25) is 0 Å². The Kier molecular flexibility index (Phi) is 4.84. The molecule has 2 nitrogen and oxygen atoms in total. The highest BCUT2D eigenvalue weighted by atomic mass is 79.9. The van der Waals surface area contributed by atoms with E-state index in [-0.39, 0.29) is 5.54 Å². The van der Waals surface area contributed by atoms with Gasteiger partial charge in [0.2, 0.25) is 0 Å². The van der Waals surface area contributed by atoms with E-state index in [0.29, 0.717) is 0 Å². The average Bonchev–Trinajstić information content (AvgIpc) is 2.48. The van der Waals surface area contributed by atoms with Gasteiger partial charge in [0.1, 0.15) is 5.75 Å². The number of rotatable bonds is 5. The lowest BCUT2D eigenvalue weighted by Gasteiger charge is -2.29. The standard InChI is InChI=1S/C17H20BrNO/c1-3-17(19,14-7-5-4-6-8-14)12-13-9-10-16(20-2)15(18)11-13/h4-11H,3,12,19H2,1-2H3. The molecule has 2 N–H and O–H groups in total. The fourth-order valence-electron chi connectivity index (χ4n) is 2.39. The topological polar surface area (TPSA) is 35.2 Å². The fourth-order valence-corrected chi connectivity index (χ4v) is 2.97. The first kappa shape index (κ1) is 15.1. The van der Waals surface area contributed by atoms with Crippen LogP contribution in [0, 0.1) is 0 Å². The zero-order chi connectivity index (χ0) is 14.6. The quantitative estimate of drug-likeness (QED) is 0.886. The Morgan fingerprint density at radius 2 is 1.85 bits per heavy atom. The Bertz CT molecular complexity index is 570. The highest BCUT2D eigenvalue weighted by Gasteiger charge is 2.25. The summed E-state index contributed by atoms with van der Waals surface area (Å²) in [4.78, 5) is 0. The first-order valence-electron chi connectivity index (χ1n) is 6.76. The molecule has 0 saturated heterocycles. The lowest BCUT2D eigenvalue weighted by Crippen LogP contribution is -2.38. The van der Waals surface area contributed by atoms with Gasteiger partial charge >= 0.3 is 0 Å². The summed E-state index contributed by atoms with van der Waals surface area (Å²) >= 11 is 3.53. The molecule has 2 aromatic carbocycles. The van der Waals surface area contributed by atoms with E-state index in [4.69, 9.17) is 10.5 Å². The second-order valence-corrected chi connectivity index (χ2v) is 5.88. The molecular weight excluding hydrogens is 314 g/mol. The molecule has 1 unspecified atom stereocenters.